The third-order valence-corrected chi connectivity index (χ3v) is 4.21. The van der Waals surface area contributed by atoms with Crippen molar-refractivity contribution in [3.63, 3.8) is 0 Å². The molecule has 0 aliphatic heterocycles. The molecule has 2 aromatic rings. The van der Waals surface area contributed by atoms with E-state index in [0.717, 1.165) is 31.3 Å². The summed E-state index contributed by atoms with van der Waals surface area (Å²) in [4.78, 5) is 4.57. The van der Waals surface area contributed by atoms with Crippen LogP contribution in [0.2, 0.25) is 0 Å². The number of hydrogen-bond acceptors (Lipinski definition) is 3. The van der Waals surface area contributed by atoms with E-state index in [4.69, 9.17) is 11.5 Å². The molecule has 2 rings (SSSR count). The van der Waals surface area contributed by atoms with E-state index in [2.05, 4.69) is 36.2 Å². The minimum absolute atomic E-state index is 0.694. The summed E-state index contributed by atoms with van der Waals surface area (Å²) in [7, 11) is 0. The molecule has 0 amide bonds. The lowest BCUT2D eigenvalue weighted by molar-refractivity contribution is 0.687. The van der Waals surface area contributed by atoms with Gasteiger partial charge in [0.2, 0.25) is 0 Å². The SMILES string of the molecule is CCCCCc1cc2cc(CCCCCN)ccc2nc1N. The summed E-state index contributed by atoms with van der Waals surface area (Å²) < 4.78 is 0. The van der Waals surface area contributed by atoms with Gasteiger partial charge in [-0.1, -0.05) is 32.3 Å². The predicted octanol–water partition coefficient (Wildman–Crippen LogP) is 4.22. The molecule has 1 aromatic heterocycles. The standard InChI is InChI=1S/C19H29N3/c1-2-3-5-9-16-14-17-13-15(8-6-4-7-12-20)10-11-18(17)22-19(16)21/h10-11,13-14H,2-9,12,20H2,1H3,(H2,21,22). The summed E-state index contributed by atoms with van der Waals surface area (Å²) in [5.41, 5.74) is 15.2. The van der Waals surface area contributed by atoms with Crippen LogP contribution in [-0.2, 0) is 12.8 Å². The highest BCUT2D eigenvalue weighted by molar-refractivity contribution is 5.82. The highest BCUT2D eigenvalue weighted by Gasteiger charge is 2.05. The second kappa shape index (κ2) is 8.74. The highest BCUT2D eigenvalue weighted by Crippen LogP contribution is 2.22. The molecular formula is C19H29N3. The maximum atomic E-state index is 6.10. The lowest BCUT2D eigenvalue weighted by Crippen LogP contribution is -2.00. The van der Waals surface area contributed by atoms with Gasteiger partial charge in [-0.2, -0.15) is 0 Å². The van der Waals surface area contributed by atoms with Crippen LogP contribution in [0.5, 0.6) is 0 Å². The normalized spacial score (nSPS) is 11.2. The van der Waals surface area contributed by atoms with Crippen molar-refractivity contribution in [1.82, 2.24) is 4.98 Å². The molecule has 3 nitrogen and oxygen atoms in total. The Kier molecular flexibility index (Phi) is 6.66. The van der Waals surface area contributed by atoms with Gasteiger partial charge in [0.1, 0.15) is 5.82 Å². The van der Waals surface area contributed by atoms with Crippen molar-refractivity contribution < 1.29 is 0 Å². The molecule has 0 fully saturated rings. The number of nitrogens with zero attached hydrogens (tertiary/aromatic N) is 1. The van der Waals surface area contributed by atoms with E-state index in [-0.39, 0.29) is 0 Å². The largest absolute Gasteiger partial charge is 0.383 e. The third kappa shape index (κ3) is 4.70. The van der Waals surface area contributed by atoms with Crippen molar-refractivity contribution in [2.45, 2.75) is 58.3 Å². The van der Waals surface area contributed by atoms with Crippen LogP contribution in [-0.4, -0.2) is 11.5 Å². The molecule has 1 heterocycles. The van der Waals surface area contributed by atoms with Crippen molar-refractivity contribution >= 4 is 16.7 Å². The van der Waals surface area contributed by atoms with E-state index in [1.165, 1.54) is 48.6 Å². The Morgan fingerprint density at radius 2 is 1.77 bits per heavy atom. The summed E-state index contributed by atoms with van der Waals surface area (Å²) >= 11 is 0. The highest BCUT2D eigenvalue weighted by atomic mass is 14.8. The third-order valence-electron chi connectivity index (χ3n) is 4.21. The molecule has 0 aliphatic carbocycles. The second-order valence-corrected chi connectivity index (χ2v) is 6.12. The summed E-state index contributed by atoms with van der Waals surface area (Å²) in [6, 6.07) is 8.78. The Labute approximate surface area is 134 Å². The van der Waals surface area contributed by atoms with E-state index in [1.807, 2.05) is 0 Å². The van der Waals surface area contributed by atoms with E-state index in [9.17, 15) is 0 Å². The number of nitrogens with two attached hydrogens (primary N) is 2. The Morgan fingerprint density at radius 3 is 2.55 bits per heavy atom. The zero-order chi connectivity index (χ0) is 15.8. The topological polar surface area (TPSA) is 64.9 Å². The van der Waals surface area contributed by atoms with Crippen molar-refractivity contribution in [1.29, 1.82) is 0 Å². The number of aromatic nitrogens is 1. The van der Waals surface area contributed by atoms with Crippen LogP contribution in [0.3, 0.4) is 0 Å². The monoisotopic (exact) mass is 299 g/mol. The minimum atomic E-state index is 0.694. The molecule has 0 saturated heterocycles. The molecule has 0 radical (unpaired) electrons. The van der Waals surface area contributed by atoms with Crippen LogP contribution < -0.4 is 11.5 Å². The fourth-order valence-corrected chi connectivity index (χ4v) is 2.86. The summed E-state index contributed by atoms with van der Waals surface area (Å²) in [5, 5.41) is 1.22. The number of pyridine rings is 1. The number of nitrogen functional groups attached to an aromatic ring is 1. The zero-order valence-electron chi connectivity index (χ0n) is 13.8. The number of rotatable bonds is 9. The lowest BCUT2D eigenvalue weighted by atomic mass is 10.0. The minimum Gasteiger partial charge on any atom is -0.383 e. The summed E-state index contributed by atoms with van der Waals surface area (Å²) in [6.07, 6.45) is 9.34. The van der Waals surface area contributed by atoms with Gasteiger partial charge in [-0.05, 0) is 68.0 Å². The fraction of sp³-hybridized carbons (Fsp3) is 0.526. The Hall–Kier alpha value is -1.61. The van der Waals surface area contributed by atoms with E-state index >= 15 is 0 Å². The molecule has 120 valence electrons. The lowest BCUT2D eigenvalue weighted by Gasteiger charge is -2.09. The van der Waals surface area contributed by atoms with E-state index in [0.29, 0.717) is 5.82 Å². The van der Waals surface area contributed by atoms with Gasteiger partial charge in [0.15, 0.2) is 0 Å². The number of unbranched alkanes of at least 4 members (excludes halogenated alkanes) is 4. The van der Waals surface area contributed by atoms with Crippen molar-refractivity contribution in [2.24, 2.45) is 5.73 Å². The van der Waals surface area contributed by atoms with Crippen molar-refractivity contribution in [3.8, 4) is 0 Å². The van der Waals surface area contributed by atoms with Gasteiger partial charge < -0.3 is 11.5 Å². The quantitative estimate of drug-likeness (QED) is 0.681. The molecule has 22 heavy (non-hydrogen) atoms. The smallest absolute Gasteiger partial charge is 0.127 e. The van der Waals surface area contributed by atoms with Crippen LogP contribution in [0.1, 0.15) is 56.6 Å². The van der Waals surface area contributed by atoms with Gasteiger partial charge >= 0.3 is 0 Å². The fourth-order valence-electron chi connectivity index (χ4n) is 2.86. The van der Waals surface area contributed by atoms with Crippen molar-refractivity contribution in [2.75, 3.05) is 12.3 Å². The molecule has 0 atom stereocenters. The molecule has 4 N–H and O–H groups in total. The van der Waals surface area contributed by atoms with Crippen LogP contribution in [0, 0.1) is 0 Å². The average molecular weight is 299 g/mol. The number of aryl methyl sites for hydroxylation is 2. The molecule has 0 aliphatic rings. The van der Waals surface area contributed by atoms with Gasteiger partial charge in [0.25, 0.3) is 0 Å². The molecular weight excluding hydrogens is 270 g/mol. The maximum absolute atomic E-state index is 6.10. The number of benzene rings is 1. The number of fused-ring (bicyclic) bond motifs is 1. The zero-order valence-corrected chi connectivity index (χ0v) is 13.8. The molecule has 1 aromatic carbocycles. The van der Waals surface area contributed by atoms with Gasteiger partial charge in [-0.3, -0.25) is 0 Å². The van der Waals surface area contributed by atoms with Crippen LogP contribution in [0.15, 0.2) is 24.3 Å². The average Bonchev–Trinajstić information content (AvgIpc) is 2.52. The number of anilines is 1. The number of hydrogen-bond donors (Lipinski definition) is 2. The van der Waals surface area contributed by atoms with Gasteiger partial charge in [0.05, 0.1) is 5.52 Å². The van der Waals surface area contributed by atoms with Crippen LogP contribution in [0.25, 0.3) is 10.9 Å². The molecule has 3 heteroatoms. The van der Waals surface area contributed by atoms with Crippen LogP contribution >= 0.6 is 0 Å². The van der Waals surface area contributed by atoms with Crippen molar-refractivity contribution in [3.05, 3.63) is 35.4 Å². The molecule has 0 spiro atoms. The van der Waals surface area contributed by atoms with E-state index < -0.39 is 0 Å². The van der Waals surface area contributed by atoms with Gasteiger partial charge in [-0.25, -0.2) is 4.98 Å². The van der Waals surface area contributed by atoms with Gasteiger partial charge in [0, 0.05) is 5.39 Å². The Balaban J connectivity index is 2.10. The maximum Gasteiger partial charge on any atom is 0.127 e. The first-order valence-corrected chi connectivity index (χ1v) is 8.62. The second-order valence-electron chi connectivity index (χ2n) is 6.12. The molecule has 0 saturated carbocycles. The first-order valence-electron chi connectivity index (χ1n) is 8.62. The van der Waals surface area contributed by atoms with Crippen LogP contribution in [0.4, 0.5) is 5.82 Å². The summed E-state index contributed by atoms with van der Waals surface area (Å²) in [5.74, 6) is 0.694. The molecule has 0 bridgehead atoms. The Morgan fingerprint density at radius 1 is 0.955 bits per heavy atom. The predicted molar refractivity (Wildman–Crippen MR) is 96.0 cm³/mol. The first-order chi connectivity index (χ1) is 10.7. The summed E-state index contributed by atoms with van der Waals surface area (Å²) in [6.45, 7) is 3.01. The van der Waals surface area contributed by atoms with E-state index in [1.54, 1.807) is 0 Å². The Bertz CT molecular complexity index is 592. The first kappa shape index (κ1) is 16.8. The molecule has 0 unspecified atom stereocenters. The van der Waals surface area contributed by atoms with Gasteiger partial charge in [-0.15, -0.1) is 0 Å².